The summed E-state index contributed by atoms with van der Waals surface area (Å²) in [6.45, 7) is 2.10. The van der Waals surface area contributed by atoms with E-state index in [1.165, 1.54) is 23.0 Å². The van der Waals surface area contributed by atoms with Crippen LogP contribution < -0.4 is 15.4 Å². The van der Waals surface area contributed by atoms with Gasteiger partial charge in [-0.2, -0.15) is 5.10 Å². The third kappa shape index (κ3) is 2.85. The number of carbonyl (C=O) groups is 1. The third-order valence-electron chi connectivity index (χ3n) is 3.92. The minimum Gasteiger partial charge on any atom is -0.503 e. The number of rotatable bonds is 0. The van der Waals surface area contributed by atoms with Crippen molar-refractivity contribution in [1.29, 1.82) is 0 Å². The number of pyridine rings is 1. The van der Waals surface area contributed by atoms with Gasteiger partial charge in [-0.05, 0) is 13.0 Å². The van der Waals surface area contributed by atoms with E-state index in [-0.39, 0.29) is 47.7 Å². The predicted octanol–water partition coefficient (Wildman–Crippen LogP) is 1.09. The summed E-state index contributed by atoms with van der Waals surface area (Å²) in [5, 5.41) is 19.8. The molecule has 134 valence electrons. The number of ether oxygens (including phenoxy) is 1. The number of anilines is 1. The van der Waals surface area contributed by atoms with Crippen molar-refractivity contribution in [3.63, 3.8) is 0 Å². The first-order chi connectivity index (χ1) is 12.5. The fourth-order valence-corrected chi connectivity index (χ4v) is 2.64. The van der Waals surface area contributed by atoms with Gasteiger partial charge in [0.15, 0.2) is 17.2 Å². The molecule has 1 atom stereocenters. The molecule has 0 radical (unpaired) electrons. The van der Waals surface area contributed by atoms with E-state index in [2.05, 4.69) is 25.7 Å². The van der Waals surface area contributed by atoms with E-state index in [0.29, 0.717) is 5.56 Å². The van der Waals surface area contributed by atoms with Crippen LogP contribution in [0.2, 0.25) is 0 Å². The Labute approximate surface area is 146 Å². The van der Waals surface area contributed by atoms with E-state index in [1.807, 2.05) is 0 Å². The molecule has 9 nitrogen and oxygen atoms in total. The first-order valence-corrected chi connectivity index (χ1v) is 7.92. The first-order valence-electron chi connectivity index (χ1n) is 7.92. The molecule has 4 rings (SSSR count). The van der Waals surface area contributed by atoms with E-state index in [4.69, 9.17) is 4.74 Å². The lowest BCUT2D eigenvalue weighted by Gasteiger charge is -2.17. The minimum atomic E-state index is -0.509. The highest BCUT2D eigenvalue weighted by Gasteiger charge is 2.19. The number of nitrogens with zero attached hydrogens (tertiary/aromatic N) is 4. The number of hydrogen-bond donors (Lipinski definition) is 3. The standard InChI is InChI=1S/C16H15FN6O3/c1-8-3-19-15(25)11-6-21-23-7-12(24)13(22-14(11)23)18-4-9-2-10(17)5-20-16(9)26-8/h2,5-8,24H,3-4H2,1H3,(H,18,22)(H,19,25). The van der Waals surface area contributed by atoms with Crippen LogP contribution in [-0.2, 0) is 6.54 Å². The first kappa shape index (κ1) is 16.1. The quantitative estimate of drug-likeness (QED) is 0.551. The van der Waals surface area contributed by atoms with Crippen molar-refractivity contribution >= 4 is 17.4 Å². The van der Waals surface area contributed by atoms with E-state index in [0.717, 1.165) is 6.20 Å². The molecule has 0 aliphatic carbocycles. The zero-order valence-electron chi connectivity index (χ0n) is 13.7. The van der Waals surface area contributed by atoms with Gasteiger partial charge in [0.1, 0.15) is 17.5 Å². The summed E-state index contributed by atoms with van der Waals surface area (Å²) in [4.78, 5) is 20.6. The number of aromatic nitrogens is 4. The van der Waals surface area contributed by atoms with Crippen LogP contribution in [-0.4, -0.2) is 43.2 Å². The molecule has 10 heteroatoms. The maximum atomic E-state index is 13.6. The van der Waals surface area contributed by atoms with Crippen molar-refractivity contribution in [1.82, 2.24) is 24.9 Å². The van der Waals surface area contributed by atoms with E-state index in [1.54, 1.807) is 6.92 Å². The van der Waals surface area contributed by atoms with Gasteiger partial charge in [-0.3, -0.25) is 4.79 Å². The number of aromatic hydroxyl groups is 1. The Balaban J connectivity index is 1.81. The average molecular weight is 358 g/mol. The minimum absolute atomic E-state index is 0.119. The van der Waals surface area contributed by atoms with Crippen LogP contribution in [0.3, 0.4) is 0 Å². The lowest BCUT2D eigenvalue weighted by molar-refractivity contribution is 0.0932. The van der Waals surface area contributed by atoms with Crippen molar-refractivity contribution in [3.8, 4) is 11.6 Å². The zero-order valence-corrected chi connectivity index (χ0v) is 13.7. The van der Waals surface area contributed by atoms with Crippen molar-refractivity contribution in [2.24, 2.45) is 0 Å². The van der Waals surface area contributed by atoms with Gasteiger partial charge in [-0.25, -0.2) is 18.9 Å². The molecule has 0 spiro atoms. The monoisotopic (exact) mass is 358 g/mol. The smallest absolute Gasteiger partial charge is 0.256 e. The summed E-state index contributed by atoms with van der Waals surface area (Å²) in [5.41, 5.74) is 1.01. The van der Waals surface area contributed by atoms with Gasteiger partial charge >= 0.3 is 0 Å². The number of amides is 1. The number of halogens is 1. The normalized spacial score (nSPS) is 17.3. The molecule has 3 aromatic rings. The van der Waals surface area contributed by atoms with Gasteiger partial charge in [-0.1, -0.05) is 0 Å². The second kappa shape index (κ2) is 6.14. The number of carbonyl (C=O) groups excluding carboxylic acids is 1. The summed E-state index contributed by atoms with van der Waals surface area (Å²) in [7, 11) is 0. The Bertz CT molecular complexity index is 1010. The predicted molar refractivity (Wildman–Crippen MR) is 88.6 cm³/mol. The van der Waals surface area contributed by atoms with Crippen LogP contribution in [0, 0.1) is 5.82 Å². The maximum absolute atomic E-state index is 13.6. The SMILES string of the molecule is CC1CNC(=O)c2cnn3cc(O)c(nc23)NCc2cc(F)cnc2O1. The molecule has 0 saturated carbocycles. The summed E-state index contributed by atoms with van der Waals surface area (Å²) in [6.07, 6.45) is 3.37. The van der Waals surface area contributed by atoms with Crippen molar-refractivity contribution in [3.05, 3.63) is 41.6 Å². The molecular formula is C16H15FN6O3. The number of nitrogens with one attached hydrogen (secondary N) is 2. The second-order valence-corrected chi connectivity index (χ2v) is 5.91. The summed E-state index contributed by atoms with van der Waals surface area (Å²) in [5.74, 6) is -0.670. The fraction of sp³-hybridized carbons (Fsp3) is 0.250. The summed E-state index contributed by atoms with van der Waals surface area (Å²) < 4.78 is 20.6. The van der Waals surface area contributed by atoms with Gasteiger partial charge in [0.25, 0.3) is 5.91 Å². The largest absolute Gasteiger partial charge is 0.503 e. The van der Waals surface area contributed by atoms with Crippen LogP contribution in [0.25, 0.3) is 5.65 Å². The molecule has 26 heavy (non-hydrogen) atoms. The molecular weight excluding hydrogens is 343 g/mol. The summed E-state index contributed by atoms with van der Waals surface area (Å²) >= 11 is 0. The van der Waals surface area contributed by atoms with Gasteiger partial charge in [0, 0.05) is 12.1 Å². The Morgan fingerprint density at radius 3 is 3.08 bits per heavy atom. The van der Waals surface area contributed by atoms with Crippen LogP contribution >= 0.6 is 0 Å². The zero-order chi connectivity index (χ0) is 18.3. The maximum Gasteiger partial charge on any atom is 0.256 e. The van der Waals surface area contributed by atoms with Crippen LogP contribution in [0.15, 0.2) is 24.7 Å². The molecule has 3 aromatic heterocycles. The molecule has 0 fully saturated rings. The highest BCUT2D eigenvalue weighted by atomic mass is 19.1. The molecule has 3 N–H and O–H groups in total. The Morgan fingerprint density at radius 1 is 1.38 bits per heavy atom. The van der Waals surface area contributed by atoms with Crippen LogP contribution in [0.5, 0.6) is 11.6 Å². The Hall–Kier alpha value is -3.43. The molecule has 0 aromatic carbocycles. The van der Waals surface area contributed by atoms with Crippen LogP contribution in [0.1, 0.15) is 22.8 Å². The topological polar surface area (TPSA) is 114 Å². The lowest BCUT2D eigenvalue weighted by Crippen LogP contribution is -2.33. The average Bonchev–Trinajstić information content (AvgIpc) is 3.01. The molecule has 1 amide bonds. The molecule has 2 bridgehead atoms. The van der Waals surface area contributed by atoms with E-state index < -0.39 is 11.9 Å². The fourth-order valence-electron chi connectivity index (χ4n) is 2.64. The lowest BCUT2D eigenvalue weighted by atomic mass is 10.2. The van der Waals surface area contributed by atoms with Crippen molar-refractivity contribution in [2.45, 2.75) is 19.6 Å². The molecule has 1 aliphatic rings. The van der Waals surface area contributed by atoms with Gasteiger partial charge in [0.2, 0.25) is 5.88 Å². The van der Waals surface area contributed by atoms with Crippen LogP contribution in [0.4, 0.5) is 10.2 Å². The van der Waals surface area contributed by atoms with Gasteiger partial charge in [0.05, 0.1) is 25.1 Å². The molecule has 4 heterocycles. The highest BCUT2D eigenvalue weighted by molar-refractivity contribution is 5.99. The van der Waals surface area contributed by atoms with Gasteiger partial charge < -0.3 is 20.5 Å². The van der Waals surface area contributed by atoms with E-state index in [9.17, 15) is 14.3 Å². The molecule has 1 aliphatic heterocycles. The number of fused-ring (bicyclic) bond motifs is 2. The van der Waals surface area contributed by atoms with E-state index >= 15 is 0 Å². The van der Waals surface area contributed by atoms with Gasteiger partial charge in [-0.15, -0.1) is 0 Å². The van der Waals surface area contributed by atoms with Crippen molar-refractivity contribution < 1.29 is 19.0 Å². The van der Waals surface area contributed by atoms with Crippen molar-refractivity contribution in [2.75, 3.05) is 11.9 Å². The molecule has 1 unspecified atom stereocenters. The molecule has 0 saturated heterocycles. The second-order valence-electron chi connectivity index (χ2n) is 5.91. The highest BCUT2D eigenvalue weighted by Crippen LogP contribution is 2.25. The summed E-state index contributed by atoms with van der Waals surface area (Å²) in [6, 6.07) is 1.29. The number of hydrogen-bond acceptors (Lipinski definition) is 7. The Kier molecular flexibility index (Phi) is 3.79. The Morgan fingerprint density at radius 2 is 2.23 bits per heavy atom. The third-order valence-corrected chi connectivity index (χ3v) is 3.92.